The van der Waals surface area contributed by atoms with Crippen molar-refractivity contribution in [2.24, 2.45) is 0 Å². The Morgan fingerprint density at radius 3 is 2.03 bits per heavy atom. The van der Waals surface area contributed by atoms with E-state index >= 15 is 0 Å². The maximum Gasteiger partial charge on any atom is 0.235 e. The van der Waals surface area contributed by atoms with Gasteiger partial charge in [0.05, 0.1) is 5.41 Å². The van der Waals surface area contributed by atoms with Gasteiger partial charge in [-0.1, -0.05) is 60.7 Å². The third-order valence-electron chi connectivity index (χ3n) is 6.65. The molecule has 1 fully saturated rings. The van der Waals surface area contributed by atoms with Crippen LogP contribution in [0.25, 0.3) is 0 Å². The Kier molecular flexibility index (Phi) is 6.78. The van der Waals surface area contributed by atoms with Crippen LogP contribution in [0.1, 0.15) is 30.9 Å². The number of amides is 2. The fraction of sp³-hybridized carbons (Fsp3) is 0.286. The zero-order valence-electron chi connectivity index (χ0n) is 19.3. The predicted octanol–water partition coefficient (Wildman–Crippen LogP) is 4.84. The lowest BCUT2D eigenvalue weighted by Gasteiger charge is -2.40. The summed E-state index contributed by atoms with van der Waals surface area (Å²) < 4.78 is 0. The van der Waals surface area contributed by atoms with Crippen LogP contribution < -0.4 is 10.2 Å². The number of carbonyl (C=O) groups excluding carboxylic acids is 2. The summed E-state index contributed by atoms with van der Waals surface area (Å²) in [5.41, 5.74) is 3.48. The molecule has 5 heteroatoms. The van der Waals surface area contributed by atoms with Crippen LogP contribution in [-0.4, -0.2) is 36.9 Å². The molecular formula is C28H31N3O2. The summed E-state index contributed by atoms with van der Waals surface area (Å²) in [6.45, 7) is 3.57. The van der Waals surface area contributed by atoms with Crippen molar-refractivity contribution in [3.05, 3.63) is 96.1 Å². The first-order valence-corrected chi connectivity index (χ1v) is 11.5. The maximum atomic E-state index is 13.6. The molecule has 1 aliphatic rings. The molecule has 4 rings (SSSR count). The number of nitrogens with zero attached hydrogens (tertiary/aromatic N) is 2. The van der Waals surface area contributed by atoms with Crippen molar-refractivity contribution in [3.63, 3.8) is 0 Å². The van der Waals surface area contributed by atoms with Gasteiger partial charge in [0.15, 0.2) is 0 Å². The van der Waals surface area contributed by atoms with E-state index in [1.165, 1.54) is 5.56 Å². The lowest BCUT2D eigenvalue weighted by molar-refractivity contribution is -0.133. The third kappa shape index (κ3) is 5.08. The van der Waals surface area contributed by atoms with Crippen molar-refractivity contribution in [1.82, 2.24) is 4.90 Å². The van der Waals surface area contributed by atoms with Gasteiger partial charge in [0.25, 0.3) is 0 Å². The standard InChI is InChI=1S/C28H31N3O2/c1-22(32)31-19-17-28(18-20-31,24-11-7-4-8-12-24)27(33)29-25-13-15-26(16-14-25)30(2)21-23-9-5-3-6-10-23/h3-16H,17-21H2,1-2H3,(H,29,33). The first-order valence-electron chi connectivity index (χ1n) is 11.5. The van der Waals surface area contributed by atoms with Crippen molar-refractivity contribution in [2.75, 3.05) is 30.4 Å². The minimum absolute atomic E-state index is 0.0118. The molecular weight excluding hydrogens is 410 g/mol. The quantitative estimate of drug-likeness (QED) is 0.595. The van der Waals surface area contributed by atoms with Gasteiger partial charge in [-0.05, 0) is 48.2 Å². The van der Waals surface area contributed by atoms with Crippen LogP contribution in [0.5, 0.6) is 0 Å². The summed E-state index contributed by atoms with van der Waals surface area (Å²) in [5, 5.41) is 3.15. The van der Waals surface area contributed by atoms with E-state index in [4.69, 9.17) is 0 Å². The summed E-state index contributed by atoms with van der Waals surface area (Å²) in [6.07, 6.45) is 1.22. The van der Waals surface area contributed by atoms with Crippen LogP contribution in [-0.2, 0) is 21.5 Å². The molecule has 3 aromatic carbocycles. The Bertz CT molecular complexity index is 1070. The number of anilines is 2. The first-order chi connectivity index (χ1) is 16.0. The Morgan fingerprint density at radius 1 is 0.879 bits per heavy atom. The zero-order valence-corrected chi connectivity index (χ0v) is 19.3. The molecule has 1 saturated heterocycles. The molecule has 2 amide bonds. The van der Waals surface area contributed by atoms with Gasteiger partial charge < -0.3 is 15.1 Å². The fourth-order valence-electron chi connectivity index (χ4n) is 4.61. The van der Waals surface area contributed by atoms with Crippen molar-refractivity contribution in [1.29, 1.82) is 0 Å². The average Bonchev–Trinajstić information content (AvgIpc) is 2.85. The molecule has 0 radical (unpaired) electrons. The van der Waals surface area contributed by atoms with Crippen molar-refractivity contribution in [2.45, 2.75) is 31.7 Å². The van der Waals surface area contributed by atoms with Gasteiger partial charge >= 0.3 is 0 Å². The summed E-state index contributed by atoms with van der Waals surface area (Å²) in [7, 11) is 2.06. The van der Waals surface area contributed by atoms with Crippen molar-refractivity contribution >= 4 is 23.2 Å². The topological polar surface area (TPSA) is 52.7 Å². The molecule has 1 aliphatic heterocycles. The number of rotatable bonds is 6. The number of piperidine rings is 1. The number of hydrogen-bond acceptors (Lipinski definition) is 3. The van der Waals surface area contributed by atoms with E-state index in [2.05, 4.69) is 29.4 Å². The molecule has 33 heavy (non-hydrogen) atoms. The molecule has 0 bridgehead atoms. The van der Waals surface area contributed by atoms with E-state index in [9.17, 15) is 9.59 Å². The van der Waals surface area contributed by atoms with Crippen LogP contribution >= 0.6 is 0 Å². The minimum atomic E-state index is -0.643. The monoisotopic (exact) mass is 441 g/mol. The molecule has 1 N–H and O–H groups in total. The second-order valence-corrected chi connectivity index (χ2v) is 8.80. The molecule has 0 aliphatic carbocycles. The summed E-state index contributed by atoms with van der Waals surface area (Å²) in [4.78, 5) is 29.4. The number of benzene rings is 3. The van der Waals surface area contributed by atoms with Crippen molar-refractivity contribution < 1.29 is 9.59 Å². The Balaban J connectivity index is 1.48. The maximum absolute atomic E-state index is 13.6. The molecule has 170 valence electrons. The van der Waals surface area contributed by atoms with E-state index in [0.29, 0.717) is 25.9 Å². The van der Waals surface area contributed by atoms with E-state index in [1.807, 2.05) is 77.7 Å². The van der Waals surface area contributed by atoms with Gasteiger partial charge in [-0.3, -0.25) is 9.59 Å². The number of likely N-dealkylation sites (tertiary alicyclic amines) is 1. The molecule has 0 spiro atoms. The van der Waals surface area contributed by atoms with Crippen LogP contribution in [0.4, 0.5) is 11.4 Å². The summed E-state index contributed by atoms with van der Waals surface area (Å²) in [6, 6.07) is 28.3. The Hall–Kier alpha value is -3.60. The minimum Gasteiger partial charge on any atom is -0.370 e. The summed E-state index contributed by atoms with van der Waals surface area (Å²) >= 11 is 0. The van der Waals surface area contributed by atoms with Crippen LogP contribution in [0, 0.1) is 0 Å². The number of nitrogens with one attached hydrogen (secondary N) is 1. The fourth-order valence-corrected chi connectivity index (χ4v) is 4.61. The van der Waals surface area contributed by atoms with Gasteiger partial charge in [0, 0.05) is 45.0 Å². The van der Waals surface area contributed by atoms with Gasteiger partial charge in [-0.2, -0.15) is 0 Å². The van der Waals surface area contributed by atoms with E-state index in [-0.39, 0.29) is 11.8 Å². The molecule has 0 aromatic heterocycles. The second-order valence-electron chi connectivity index (χ2n) is 8.80. The molecule has 0 saturated carbocycles. The molecule has 3 aromatic rings. The smallest absolute Gasteiger partial charge is 0.235 e. The SMILES string of the molecule is CC(=O)N1CCC(C(=O)Nc2ccc(N(C)Cc3ccccc3)cc2)(c2ccccc2)CC1. The lowest BCUT2D eigenvalue weighted by Crippen LogP contribution is -2.50. The largest absolute Gasteiger partial charge is 0.370 e. The molecule has 5 nitrogen and oxygen atoms in total. The zero-order chi connectivity index (χ0) is 23.3. The van der Waals surface area contributed by atoms with Crippen molar-refractivity contribution in [3.8, 4) is 0 Å². The highest BCUT2D eigenvalue weighted by Gasteiger charge is 2.43. The van der Waals surface area contributed by atoms with Crippen LogP contribution in [0.15, 0.2) is 84.9 Å². The highest BCUT2D eigenvalue weighted by atomic mass is 16.2. The van der Waals surface area contributed by atoms with E-state index in [0.717, 1.165) is 23.5 Å². The third-order valence-corrected chi connectivity index (χ3v) is 6.65. The summed E-state index contributed by atoms with van der Waals surface area (Å²) in [5.74, 6) is 0.0505. The second kappa shape index (κ2) is 9.90. The van der Waals surface area contributed by atoms with Gasteiger partial charge in [-0.25, -0.2) is 0 Å². The van der Waals surface area contributed by atoms with Gasteiger partial charge in [0.2, 0.25) is 11.8 Å². The average molecular weight is 442 g/mol. The number of carbonyl (C=O) groups is 2. The van der Waals surface area contributed by atoms with E-state index < -0.39 is 5.41 Å². The van der Waals surface area contributed by atoms with Crippen LogP contribution in [0.3, 0.4) is 0 Å². The lowest BCUT2D eigenvalue weighted by atomic mass is 9.72. The predicted molar refractivity (Wildman–Crippen MR) is 133 cm³/mol. The first kappa shape index (κ1) is 22.6. The Labute approximate surface area is 196 Å². The van der Waals surface area contributed by atoms with Gasteiger partial charge in [-0.15, -0.1) is 0 Å². The highest BCUT2D eigenvalue weighted by Crippen LogP contribution is 2.37. The molecule has 0 unspecified atom stereocenters. The van der Waals surface area contributed by atoms with E-state index in [1.54, 1.807) is 6.92 Å². The highest BCUT2D eigenvalue weighted by molar-refractivity contribution is 5.99. The normalized spacial score (nSPS) is 15.0. The van der Waals surface area contributed by atoms with Gasteiger partial charge in [0.1, 0.15) is 0 Å². The molecule has 1 heterocycles. The Morgan fingerprint density at radius 2 is 1.45 bits per heavy atom. The van der Waals surface area contributed by atoms with Crippen LogP contribution in [0.2, 0.25) is 0 Å². The molecule has 0 atom stereocenters. The number of hydrogen-bond donors (Lipinski definition) is 1.